The Morgan fingerprint density at radius 2 is 1.83 bits per heavy atom. The number of fused-ring (bicyclic) bond motifs is 3. The van der Waals surface area contributed by atoms with Gasteiger partial charge in [0, 0.05) is 25.1 Å². The highest BCUT2D eigenvalue weighted by atomic mass is 32.3. The molecule has 18 heteroatoms. The number of hydrogen-bond acceptors (Lipinski definition) is 10. The number of hydrogen-bond donors (Lipinski definition) is 5. The first-order valence-electron chi connectivity index (χ1n) is 20.8. The predicted octanol–water partition coefficient (Wildman–Crippen LogP) is 2.90. The van der Waals surface area contributed by atoms with Crippen LogP contribution in [0.5, 0.6) is 0 Å². The molecule has 5 N–H and O–H groups in total. The summed E-state index contributed by atoms with van der Waals surface area (Å²) in [6.45, 7) is 9.13. The number of alkyl carbamates (subject to hydrolysis) is 1. The molecule has 60 heavy (non-hydrogen) atoms. The van der Waals surface area contributed by atoms with Crippen molar-refractivity contribution >= 4 is 51.4 Å². The number of carbonyl (C=O) groups is 6. The number of nitrogens with one attached hydrogen (secondary N) is 4. The third-order valence-electron chi connectivity index (χ3n) is 12.5. The summed E-state index contributed by atoms with van der Waals surface area (Å²) >= 11 is 0. The molecule has 6 atom stereocenters. The molecule has 1 saturated heterocycles. The molecule has 3 aliphatic carbocycles. The van der Waals surface area contributed by atoms with E-state index in [0.717, 1.165) is 48.6 Å². The second-order valence-corrected chi connectivity index (χ2v) is 21.9. The normalized spacial score (nSPS) is 30.1. The highest BCUT2D eigenvalue weighted by Gasteiger charge is 2.62. The molecule has 0 unspecified atom stereocenters. The Morgan fingerprint density at radius 3 is 2.50 bits per heavy atom. The number of amides is 6. The van der Waals surface area contributed by atoms with E-state index in [-0.39, 0.29) is 51.8 Å². The van der Waals surface area contributed by atoms with E-state index in [4.69, 9.17) is 14.2 Å². The lowest BCUT2D eigenvalue weighted by Crippen LogP contribution is -2.63. The van der Waals surface area contributed by atoms with E-state index >= 15 is 0 Å². The second-order valence-electron chi connectivity index (χ2n) is 18.3. The van der Waals surface area contributed by atoms with Crippen LogP contribution in [0.3, 0.4) is 0 Å². The van der Waals surface area contributed by atoms with Crippen molar-refractivity contribution in [1.82, 2.24) is 30.5 Å². The summed E-state index contributed by atoms with van der Waals surface area (Å²) in [5, 5.41) is 7.62. The van der Waals surface area contributed by atoms with Crippen LogP contribution in [0.4, 0.5) is 9.59 Å². The molecule has 17 nitrogen and oxygen atoms in total. The predicted molar refractivity (Wildman–Crippen MR) is 220 cm³/mol. The van der Waals surface area contributed by atoms with Crippen molar-refractivity contribution in [2.45, 2.75) is 126 Å². The second kappa shape index (κ2) is 16.2. The van der Waals surface area contributed by atoms with Crippen molar-refractivity contribution in [1.29, 1.82) is 0 Å². The number of benzene rings is 1. The van der Waals surface area contributed by atoms with Crippen molar-refractivity contribution in [2.24, 2.45) is 11.3 Å². The molecule has 7 rings (SSSR count). The lowest BCUT2D eigenvalue weighted by Gasteiger charge is -2.41. The van der Waals surface area contributed by atoms with Crippen LogP contribution in [0.1, 0.15) is 88.8 Å². The Hall–Kier alpha value is -4.81. The van der Waals surface area contributed by atoms with E-state index in [0.29, 0.717) is 12.8 Å². The first kappa shape index (κ1) is 43.3. The maximum absolute atomic E-state index is 14.8. The minimum Gasteiger partial charge on any atom is -0.446 e. The molecule has 1 aromatic rings. The number of carbonyl (C=O) groups excluding carboxylic acids is 6. The van der Waals surface area contributed by atoms with Crippen LogP contribution in [0.25, 0.3) is 6.08 Å². The van der Waals surface area contributed by atoms with Crippen LogP contribution >= 0.6 is 0 Å². The Labute approximate surface area is 350 Å². The van der Waals surface area contributed by atoms with Gasteiger partial charge in [-0.2, -0.15) is 4.21 Å². The van der Waals surface area contributed by atoms with E-state index in [1.807, 2.05) is 24.3 Å². The maximum atomic E-state index is 14.8. The average Bonchev–Trinajstić information content (AvgIpc) is 3.98. The van der Waals surface area contributed by atoms with Gasteiger partial charge in [0.1, 0.15) is 35.9 Å². The van der Waals surface area contributed by atoms with Gasteiger partial charge in [-0.25, -0.2) is 9.59 Å². The number of ether oxygens (including phenoxy) is 3. The zero-order valence-electron chi connectivity index (χ0n) is 34.7. The lowest BCUT2D eigenvalue weighted by molar-refractivity contribution is -0.145. The zero-order valence-corrected chi connectivity index (χ0v) is 35.6. The van der Waals surface area contributed by atoms with Crippen molar-refractivity contribution in [3.63, 3.8) is 0 Å². The lowest BCUT2D eigenvalue weighted by atomic mass is 9.85. The summed E-state index contributed by atoms with van der Waals surface area (Å²) in [7, 11) is -4.56. The third kappa shape index (κ3) is 9.24. The van der Waals surface area contributed by atoms with Gasteiger partial charge in [0.15, 0.2) is 0 Å². The summed E-state index contributed by atoms with van der Waals surface area (Å²) in [6.07, 6.45) is 7.78. The van der Waals surface area contributed by atoms with Crippen LogP contribution in [0, 0.1) is 11.3 Å². The first-order chi connectivity index (χ1) is 28.3. The minimum absolute atomic E-state index is 0.0770. The Bertz CT molecular complexity index is 2030. The summed E-state index contributed by atoms with van der Waals surface area (Å²) < 4.78 is 44.3. The Morgan fingerprint density at radius 1 is 1.10 bits per heavy atom. The quantitative estimate of drug-likeness (QED) is 0.239. The maximum Gasteiger partial charge on any atom is 0.410 e. The summed E-state index contributed by atoms with van der Waals surface area (Å²) in [6, 6.07) is 1.89. The van der Waals surface area contributed by atoms with Gasteiger partial charge in [-0.15, -0.1) is 16.1 Å². The molecular formula is C42H58N6O11S. The molecule has 328 valence electrons. The Balaban J connectivity index is 1.18. The smallest absolute Gasteiger partial charge is 0.410 e. The average molecular weight is 855 g/mol. The first-order valence-corrected chi connectivity index (χ1v) is 23.2. The van der Waals surface area contributed by atoms with Gasteiger partial charge in [-0.05, 0) is 67.1 Å². The molecule has 1 aromatic carbocycles. The van der Waals surface area contributed by atoms with Crippen molar-refractivity contribution < 1.29 is 51.7 Å². The molecule has 4 bridgehead atoms. The van der Waals surface area contributed by atoms with Gasteiger partial charge in [0.05, 0.1) is 31.6 Å². The van der Waals surface area contributed by atoms with Crippen LogP contribution in [-0.4, -0.2) is 122 Å². The van der Waals surface area contributed by atoms with Crippen LogP contribution in [-0.2, 0) is 56.0 Å². The standard InChI is InChI=1S/C42H58N6O11S/c1-6-27-20-42(27,38(52)46-60(5,55,56)30-16-17-30)45-36(50)33-19-29-22-48(33)37(51)34(41(2,3)4)44-35(49)32(43-39(53)58-28-14-7-8-15-28)24-57-18-10-13-25-11-9-12-26-21-47(23-31(25)26)40(54)59-29/h6,9-13,27-30,32-34H,1,7-8,14-24H2,2-5H3,(H,43,53)(H,44,49)(H,45,50)(H2,46,52,55,56)/b13-10+/t27-,29-,32+,33+,34-,42-/m1/s1. The molecule has 6 aliphatic rings. The van der Waals surface area contributed by atoms with Gasteiger partial charge >= 0.3 is 12.2 Å². The topological polar surface area (TPSA) is 222 Å². The fraction of sp³-hybridized carbons (Fsp3) is 0.619. The SMILES string of the molecule is C=C[C@@H]1C[C@]1(NC(=O)[C@@H]1C[C@@H]2CN1C(=O)[C@H](C(C)(C)C)NC(=O)[C@@H](NC(=O)OC1CCCC1)COC/C=C/c1cccc3c1CN(C3)C(=O)O2)C(=O)NS(C)(=O)(O)C1CC1. The van der Waals surface area contributed by atoms with Gasteiger partial charge < -0.3 is 35.1 Å². The molecule has 0 aromatic heterocycles. The van der Waals surface area contributed by atoms with Crippen molar-refractivity contribution in [2.75, 3.05) is 26.0 Å². The highest BCUT2D eigenvalue weighted by molar-refractivity contribution is 8.14. The largest absolute Gasteiger partial charge is 0.446 e. The molecule has 3 saturated carbocycles. The summed E-state index contributed by atoms with van der Waals surface area (Å²) in [5.74, 6) is -3.55. The molecule has 3 heterocycles. The van der Waals surface area contributed by atoms with Crippen LogP contribution < -0.4 is 20.7 Å². The molecule has 0 spiro atoms. The fourth-order valence-electron chi connectivity index (χ4n) is 8.69. The van der Waals surface area contributed by atoms with Gasteiger partial charge in [0.25, 0.3) is 5.91 Å². The summed E-state index contributed by atoms with van der Waals surface area (Å²) in [5.41, 5.74) is 0.133. The summed E-state index contributed by atoms with van der Waals surface area (Å²) in [4.78, 5) is 86.8. The van der Waals surface area contributed by atoms with Gasteiger partial charge in [0.2, 0.25) is 17.7 Å². The van der Waals surface area contributed by atoms with E-state index < -0.39 is 91.7 Å². The van der Waals surface area contributed by atoms with E-state index in [1.165, 1.54) is 15.9 Å². The van der Waals surface area contributed by atoms with E-state index in [2.05, 4.69) is 27.3 Å². The molecule has 4 fully saturated rings. The third-order valence-corrected chi connectivity index (χ3v) is 15.2. The fourth-order valence-corrected chi connectivity index (χ4v) is 10.7. The van der Waals surface area contributed by atoms with Gasteiger partial charge in [-0.1, -0.05) is 57.2 Å². The minimum atomic E-state index is -4.56. The van der Waals surface area contributed by atoms with Gasteiger partial charge in [-0.3, -0.25) is 33.4 Å². The zero-order chi connectivity index (χ0) is 43.2. The number of rotatable bonds is 8. The molecule has 0 radical (unpaired) electrons. The van der Waals surface area contributed by atoms with Crippen molar-refractivity contribution in [3.8, 4) is 0 Å². The molecule has 6 amide bonds. The van der Waals surface area contributed by atoms with E-state index in [9.17, 15) is 37.5 Å². The highest BCUT2D eigenvalue weighted by Crippen LogP contribution is 2.47. The van der Waals surface area contributed by atoms with Crippen molar-refractivity contribution in [3.05, 3.63) is 53.6 Å². The van der Waals surface area contributed by atoms with Crippen LogP contribution in [0.2, 0.25) is 0 Å². The molecule has 3 aliphatic heterocycles. The number of nitrogens with zero attached hydrogens (tertiary/aromatic N) is 2. The van der Waals surface area contributed by atoms with E-state index in [1.54, 1.807) is 26.8 Å². The Kier molecular flexibility index (Phi) is 11.7. The van der Waals surface area contributed by atoms with Crippen LogP contribution in [0.15, 0.2) is 36.9 Å². The molecular weight excluding hydrogens is 797 g/mol. The monoisotopic (exact) mass is 854 g/mol.